The molecule has 1 aliphatic carbocycles. The fourth-order valence-corrected chi connectivity index (χ4v) is 3.57. The van der Waals surface area contributed by atoms with Gasteiger partial charge in [0, 0.05) is 6.61 Å². The molecule has 0 heterocycles. The van der Waals surface area contributed by atoms with Crippen LogP contribution in [0.25, 0.3) is 0 Å². The van der Waals surface area contributed by atoms with Crippen LogP contribution in [0.3, 0.4) is 0 Å². The van der Waals surface area contributed by atoms with Crippen molar-refractivity contribution in [2.75, 3.05) is 13.7 Å². The molecule has 0 saturated heterocycles. The Morgan fingerprint density at radius 3 is 2.38 bits per heavy atom. The summed E-state index contributed by atoms with van der Waals surface area (Å²) in [7, 11) is 1.70. The Bertz CT molecular complexity index is 451. The minimum absolute atomic E-state index is 0.0681. The van der Waals surface area contributed by atoms with Crippen molar-refractivity contribution in [3.05, 3.63) is 29.3 Å². The van der Waals surface area contributed by atoms with E-state index in [2.05, 4.69) is 26.0 Å². The van der Waals surface area contributed by atoms with E-state index in [4.69, 9.17) is 15.2 Å². The summed E-state index contributed by atoms with van der Waals surface area (Å²) in [4.78, 5) is 0. The lowest BCUT2D eigenvalue weighted by Gasteiger charge is -2.39. The lowest BCUT2D eigenvalue weighted by Crippen LogP contribution is -2.44. The Hall–Kier alpha value is -1.06. The topological polar surface area (TPSA) is 44.5 Å². The summed E-state index contributed by atoms with van der Waals surface area (Å²) >= 11 is 0. The van der Waals surface area contributed by atoms with Crippen molar-refractivity contribution in [1.29, 1.82) is 0 Å². The molecule has 1 unspecified atom stereocenters. The first-order chi connectivity index (χ1) is 10.1. The molecule has 1 aromatic carbocycles. The maximum atomic E-state index is 6.69. The number of benzene rings is 1. The monoisotopic (exact) mass is 291 g/mol. The average Bonchev–Trinajstić information content (AvgIpc) is 2.73. The van der Waals surface area contributed by atoms with Crippen LogP contribution in [-0.2, 0) is 4.74 Å². The number of nitrogens with two attached hydrogens (primary N) is 1. The van der Waals surface area contributed by atoms with Gasteiger partial charge in [-0.3, -0.25) is 0 Å². The average molecular weight is 291 g/mol. The molecule has 3 nitrogen and oxygen atoms in total. The van der Waals surface area contributed by atoms with E-state index in [1.54, 1.807) is 7.11 Å². The number of rotatable bonds is 5. The summed E-state index contributed by atoms with van der Waals surface area (Å²) in [6.07, 6.45) is 7.14. The molecule has 0 amide bonds. The van der Waals surface area contributed by atoms with Gasteiger partial charge in [0.05, 0.1) is 18.8 Å². The molecule has 2 N–H and O–H groups in total. The fourth-order valence-electron chi connectivity index (χ4n) is 3.57. The molecular formula is C18H29NO2. The fraction of sp³-hybridized carbons (Fsp3) is 0.667. The highest BCUT2D eigenvalue weighted by Gasteiger charge is 2.39. The molecule has 0 bridgehead atoms. The molecule has 1 saturated carbocycles. The van der Waals surface area contributed by atoms with E-state index in [1.165, 1.54) is 36.8 Å². The maximum absolute atomic E-state index is 6.69. The molecule has 1 aromatic rings. The van der Waals surface area contributed by atoms with Crippen LogP contribution < -0.4 is 10.5 Å². The van der Waals surface area contributed by atoms with Crippen molar-refractivity contribution in [3.63, 3.8) is 0 Å². The standard InChI is InChI=1S/C18H29NO2/c1-4-21-18(11-7-5-6-8-12-18)17(19)16-10-9-15(20-3)13-14(16)2/h9-10,13,17H,4-8,11-12,19H2,1-3H3. The van der Waals surface area contributed by atoms with E-state index >= 15 is 0 Å². The van der Waals surface area contributed by atoms with Crippen LogP contribution in [0.4, 0.5) is 0 Å². The smallest absolute Gasteiger partial charge is 0.119 e. The predicted octanol–water partition coefficient (Wildman–Crippen LogP) is 4.13. The first-order valence-electron chi connectivity index (χ1n) is 8.17. The Morgan fingerprint density at radius 2 is 1.86 bits per heavy atom. The van der Waals surface area contributed by atoms with Crippen molar-refractivity contribution in [2.24, 2.45) is 5.73 Å². The molecule has 0 spiro atoms. The number of methoxy groups -OCH3 is 1. The van der Waals surface area contributed by atoms with E-state index in [9.17, 15) is 0 Å². The van der Waals surface area contributed by atoms with Crippen molar-refractivity contribution in [1.82, 2.24) is 0 Å². The van der Waals surface area contributed by atoms with Crippen molar-refractivity contribution in [2.45, 2.75) is 64.0 Å². The Kier molecular flexibility index (Phi) is 5.65. The van der Waals surface area contributed by atoms with Crippen molar-refractivity contribution in [3.8, 4) is 5.75 Å². The number of hydrogen-bond acceptors (Lipinski definition) is 3. The van der Waals surface area contributed by atoms with Crippen LogP contribution in [0.2, 0.25) is 0 Å². The molecule has 118 valence electrons. The molecule has 0 radical (unpaired) electrons. The van der Waals surface area contributed by atoms with Gasteiger partial charge in [-0.2, -0.15) is 0 Å². The van der Waals surface area contributed by atoms with E-state index < -0.39 is 0 Å². The van der Waals surface area contributed by atoms with Gasteiger partial charge in [0.25, 0.3) is 0 Å². The summed E-state index contributed by atoms with van der Waals surface area (Å²) in [5.74, 6) is 0.884. The zero-order valence-electron chi connectivity index (χ0n) is 13.7. The molecule has 3 heteroatoms. The maximum Gasteiger partial charge on any atom is 0.119 e. The van der Waals surface area contributed by atoms with Gasteiger partial charge in [-0.1, -0.05) is 31.7 Å². The molecule has 1 fully saturated rings. The quantitative estimate of drug-likeness (QED) is 0.829. The third kappa shape index (κ3) is 3.58. The minimum atomic E-state index is -0.204. The number of ether oxygens (including phenoxy) is 2. The highest BCUT2D eigenvalue weighted by molar-refractivity contribution is 5.37. The van der Waals surface area contributed by atoms with E-state index in [1.807, 2.05) is 6.07 Å². The molecule has 1 atom stereocenters. The largest absolute Gasteiger partial charge is 0.497 e. The number of hydrogen-bond donors (Lipinski definition) is 1. The van der Waals surface area contributed by atoms with Crippen LogP contribution in [-0.4, -0.2) is 19.3 Å². The zero-order chi connectivity index (χ0) is 15.3. The molecular weight excluding hydrogens is 262 g/mol. The molecule has 21 heavy (non-hydrogen) atoms. The lowest BCUT2D eigenvalue weighted by molar-refractivity contribution is -0.0697. The van der Waals surface area contributed by atoms with Gasteiger partial charge in [0.15, 0.2) is 0 Å². The van der Waals surface area contributed by atoms with Gasteiger partial charge in [-0.25, -0.2) is 0 Å². The summed E-state index contributed by atoms with van der Waals surface area (Å²) in [6, 6.07) is 6.09. The molecule has 2 rings (SSSR count). The summed E-state index contributed by atoms with van der Waals surface area (Å²) in [5.41, 5.74) is 8.85. The van der Waals surface area contributed by atoms with Crippen LogP contribution >= 0.6 is 0 Å². The van der Waals surface area contributed by atoms with Gasteiger partial charge >= 0.3 is 0 Å². The van der Waals surface area contributed by atoms with Crippen LogP contribution in [0, 0.1) is 6.92 Å². The highest BCUT2D eigenvalue weighted by Crippen LogP contribution is 2.40. The molecule has 1 aliphatic rings. The predicted molar refractivity (Wildman–Crippen MR) is 86.7 cm³/mol. The van der Waals surface area contributed by atoms with Crippen LogP contribution in [0.1, 0.15) is 62.6 Å². The Morgan fingerprint density at radius 1 is 1.19 bits per heavy atom. The second-order valence-electron chi connectivity index (χ2n) is 6.11. The van der Waals surface area contributed by atoms with E-state index in [-0.39, 0.29) is 11.6 Å². The molecule has 0 aromatic heterocycles. The van der Waals surface area contributed by atoms with Gasteiger partial charge in [0.2, 0.25) is 0 Å². The highest BCUT2D eigenvalue weighted by atomic mass is 16.5. The Balaban J connectivity index is 2.31. The second kappa shape index (κ2) is 7.28. The zero-order valence-corrected chi connectivity index (χ0v) is 13.7. The van der Waals surface area contributed by atoms with E-state index in [0.717, 1.165) is 25.2 Å². The number of aryl methyl sites for hydroxylation is 1. The lowest BCUT2D eigenvalue weighted by atomic mass is 9.81. The van der Waals surface area contributed by atoms with Crippen molar-refractivity contribution < 1.29 is 9.47 Å². The third-order valence-electron chi connectivity index (χ3n) is 4.76. The van der Waals surface area contributed by atoms with Gasteiger partial charge < -0.3 is 15.2 Å². The molecule has 0 aliphatic heterocycles. The second-order valence-corrected chi connectivity index (χ2v) is 6.11. The van der Waals surface area contributed by atoms with Crippen LogP contribution in [0.5, 0.6) is 5.75 Å². The van der Waals surface area contributed by atoms with Gasteiger partial charge in [-0.15, -0.1) is 0 Å². The minimum Gasteiger partial charge on any atom is -0.497 e. The first kappa shape index (κ1) is 16.3. The van der Waals surface area contributed by atoms with E-state index in [0.29, 0.717) is 0 Å². The van der Waals surface area contributed by atoms with Crippen molar-refractivity contribution >= 4 is 0 Å². The summed E-state index contributed by atoms with van der Waals surface area (Å²) in [5, 5.41) is 0. The normalized spacial score (nSPS) is 19.8. The Labute approximate surface area is 128 Å². The SMILES string of the molecule is CCOC1(C(N)c2ccc(OC)cc2C)CCCCCC1. The van der Waals surface area contributed by atoms with Crippen LogP contribution in [0.15, 0.2) is 18.2 Å². The third-order valence-corrected chi connectivity index (χ3v) is 4.76. The van der Waals surface area contributed by atoms with Gasteiger partial charge in [0.1, 0.15) is 5.75 Å². The van der Waals surface area contributed by atoms with Gasteiger partial charge in [-0.05, 0) is 49.9 Å². The summed E-state index contributed by atoms with van der Waals surface area (Å²) in [6.45, 7) is 4.90. The summed E-state index contributed by atoms with van der Waals surface area (Å²) < 4.78 is 11.5. The first-order valence-corrected chi connectivity index (χ1v) is 8.17.